The Bertz CT molecular complexity index is 672. The van der Waals surface area contributed by atoms with Crippen LogP contribution in [0.2, 0.25) is 0 Å². The molecule has 116 valence electrons. The largest absolute Gasteiger partial charge is 0.486 e. The van der Waals surface area contributed by atoms with Crippen LogP contribution in [-0.2, 0) is 16.2 Å². The lowest BCUT2D eigenvalue weighted by atomic mass is 10.2. The van der Waals surface area contributed by atoms with E-state index in [-0.39, 0.29) is 25.0 Å². The van der Waals surface area contributed by atoms with Crippen LogP contribution in [0.3, 0.4) is 0 Å². The fourth-order valence-corrected chi connectivity index (χ4v) is 2.25. The summed E-state index contributed by atoms with van der Waals surface area (Å²) < 4.78 is 5.61. The number of nitrogens with one attached hydrogen (secondary N) is 2. The van der Waals surface area contributed by atoms with Gasteiger partial charge in [0, 0.05) is 6.92 Å². The Kier molecular flexibility index (Phi) is 5.42. The number of amides is 2. The molecule has 2 N–H and O–H groups in total. The molecule has 1 aromatic heterocycles. The summed E-state index contributed by atoms with van der Waals surface area (Å²) >= 11 is 1.23. The van der Waals surface area contributed by atoms with Gasteiger partial charge >= 0.3 is 0 Å². The monoisotopic (exact) mass is 320 g/mol. The molecule has 2 aromatic rings. The van der Waals surface area contributed by atoms with Crippen molar-refractivity contribution in [2.45, 2.75) is 20.5 Å². The highest BCUT2D eigenvalue weighted by molar-refractivity contribution is 7.15. The van der Waals surface area contributed by atoms with Crippen molar-refractivity contribution in [3.63, 3.8) is 0 Å². The maximum absolute atomic E-state index is 11.5. The molecule has 1 aromatic carbocycles. The predicted molar refractivity (Wildman–Crippen MR) is 82.7 cm³/mol. The normalized spacial score (nSPS) is 10.1. The summed E-state index contributed by atoms with van der Waals surface area (Å²) in [4.78, 5) is 22.2. The highest BCUT2D eigenvalue weighted by atomic mass is 32.1. The van der Waals surface area contributed by atoms with Crippen molar-refractivity contribution < 1.29 is 14.3 Å². The van der Waals surface area contributed by atoms with E-state index in [4.69, 9.17) is 4.74 Å². The van der Waals surface area contributed by atoms with Crippen LogP contribution in [0.4, 0.5) is 5.13 Å². The zero-order chi connectivity index (χ0) is 15.9. The smallest absolute Gasteiger partial charge is 0.245 e. The van der Waals surface area contributed by atoms with E-state index >= 15 is 0 Å². The molecule has 8 heteroatoms. The van der Waals surface area contributed by atoms with Crippen LogP contribution in [0.5, 0.6) is 5.75 Å². The van der Waals surface area contributed by atoms with E-state index in [1.54, 1.807) is 0 Å². The van der Waals surface area contributed by atoms with Crippen molar-refractivity contribution in [2.75, 3.05) is 11.9 Å². The Morgan fingerprint density at radius 2 is 2.14 bits per heavy atom. The summed E-state index contributed by atoms with van der Waals surface area (Å²) in [6.07, 6.45) is 0. The quantitative estimate of drug-likeness (QED) is 0.841. The van der Waals surface area contributed by atoms with E-state index in [1.165, 1.54) is 18.3 Å². The van der Waals surface area contributed by atoms with Crippen LogP contribution in [-0.4, -0.2) is 28.6 Å². The number of benzene rings is 1. The molecule has 2 amide bonds. The molecule has 7 nitrogen and oxygen atoms in total. The van der Waals surface area contributed by atoms with Crippen molar-refractivity contribution in [3.05, 3.63) is 34.8 Å². The van der Waals surface area contributed by atoms with Crippen LogP contribution in [0.25, 0.3) is 0 Å². The molecule has 0 aliphatic heterocycles. The average molecular weight is 320 g/mol. The molecule has 2 rings (SSSR count). The minimum Gasteiger partial charge on any atom is -0.486 e. The SMILES string of the molecule is CC(=O)NCC(=O)Nc1nnc(COc2cccc(C)c2)s1. The van der Waals surface area contributed by atoms with Gasteiger partial charge in [-0.1, -0.05) is 23.5 Å². The van der Waals surface area contributed by atoms with Crippen LogP contribution in [0, 0.1) is 6.92 Å². The van der Waals surface area contributed by atoms with E-state index in [1.807, 2.05) is 31.2 Å². The topological polar surface area (TPSA) is 93.2 Å². The molecule has 0 atom stereocenters. The third kappa shape index (κ3) is 5.13. The molecule has 1 heterocycles. The van der Waals surface area contributed by atoms with Gasteiger partial charge in [0.25, 0.3) is 0 Å². The maximum Gasteiger partial charge on any atom is 0.245 e. The summed E-state index contributed by atoms with van der Waals surface area (Å²) in [6.45, 7) is 3.52. The lowest BCUT2D eigenvalue weighted by molar-refractivity contribution is -0.122. The number of ether oxygens (including phenoxy) is 1. The minimum atomic E-state index is -0.350. The van der Waals surface area contributed by atoms with Gasteiger partial charge in [-0.2, -0.15) is 0 Å². The molecule has 0 saturated heterocycles. The van der Waals surface area contributed by atoms with Gasteiger partial charge in [-0.05, 0) is 24.6 Å². The fourth-order valence-electron chi connectivity index (χ4n) is 1.58. The summed E-state index contributed by atoms with van der Waals surface area (Å²) in [5.74, 6) is 0.142. The third-order valence-electron chi connectivity index (χ3n) is 2.56. The first-order chi connectivity index (χ1) is 10.5. The third-order valence-corrected chi connectivity index (χ3v) is 3.38. The van der Waals surface area contributed by atoms with Gasteiger partial charge in [-0.3, -0.25) is 14.9 Å². The van der Waals surface area contributed by atoms with Crippen LogP contribution in [0.15, 0.2) is 24.3 Å². The van der Waals surface area contributed by atoms with Gasteiger partial charge in [-0.25, -0.2) is 0 Å². The van der Waals surface area contributed by atoms with Crippen molar-refractivity contribution >= 4 is 28.3 Å². The Morgan fingerprint density at radius 1 is 1.32 bits per heavy atom. The Morgan fingerprint density at radius 3 is 2.86 bits per heavy atom. The molecule has 0 radical (unpaired) electrons. The zero-order valence-electron chi connectivity index (χ0n) is 12.3. The van der Waals surface area contributed by atoms with E-state index in [2.05, 4.69) is 20.8 Å². The van der Waals surface area contributed by atoms with Gasteiger partial charge in [0.1, 0.15) is 12.4 Å². The van der Waals surface area contributed by atoms with Gasteiger partial charge < -0.3 is 10.1 Å². The lowest BCUT2D eigenvalue weighted by Gasteiger charge is -2.03. The number of carbonyl (C=O) groups excluding carboxylic acids is 2. The predicted octanol–water partition coefficient (Wildman–Crippen LogP) is 1.50. The van der Waals surface area contributed by atoms with Gasteiger partial charge in [0.05, 0.1) is 6.54 Å². The van der Waals surface area contributed by atoms with Gasteiger partial charge in [0.15, 0.2) is 5.01 Å². The highest BCUT2D eigenvalue weighted by Gasteiger charge is 2.09. The average Bonchev–Trinajstić information content (AvgIpc) is 2.90. The highest BCUT2D eigenvalue weighted by Crippen LogP contribution is 2.18. The molecule has 0 spiro atoms. The lowest BCUT2D eigenvalue weighted by Crippen LogP contribution is -2.31. The van der Waals surface area contributed by atoms with Gasteiger partial charge in [0.2, 0.25) is 16.9 Å². The number of carbonyl (C=O) groups is 2. The number of hydrogen-bond acceptors (Lipinski definition) is 6. The van der Waals surface area contributed by atoms with Crippen molar-refractivity contribution in [3.8, 4) is 5.75 Å². The van der Waals surface area contributed by atoms with Crippen molar-refractivity contribution in [1.29, 1.82) is 0 Å². The van der Waals surface area contributed by atoms with E-state index in [9.17, 15) is 9.59 Å². The van der Waals surface area contributed by atoms with Crippen molar-refractivity contribution in [1.82, 2.24) is 15.5 Å². The molecule has 0 bridgehead atoms. The number of hydrogen-bond donors (Lipinski definition) is 2. The first kappa shape index (κ1) is 15.9. The molecular formula is C14H16N4O3S. The Hall–Kier alpha value is -2.48. The van der Waals surface area contributed by atoms with E-state index in [0.29, 0.717) is 10.1 Å². The van der Waals surface area contributed by atoms with Crippen LogP contribution >= 0.6 is 11.3 Å². The van der Waals surface area contributed by atoms with Crippen molar-refractivity contribution in [2.24, 2.45) is 0 Å². The molecule has 0 fully saturated rings. The Labute approximate surface area is 131 Å². The molecular weight excluding hydrogens is 304 g/mol. The second-order valence-corrected chi connectivity index (χ2v) is 5.63. The first-order valence-corrected chi connectivity index (χ1v) is 7.41. The molecule has 22 heavy (non-hydrogen) atoms. The summed E-state index contributed by atoms with van der Waals surface area (Å²) in [5, 5.41) is 13.8. The van der Waals surface area contributed by atoms with E-state index < -0.39 is 0 Å². The molecule has 0 saturated carbocycles. The summed E-state index contributed by atoms with van der Waals surface area (Å²) in [6, 6.07) is 7.69. The van der Waals surface area contributed by atoms with Gasteiger partial charge in [-0.15, -0.1) is 10.2 Å². The fraction of sp³-hybridized carbons (Fsp3) is 0.286. The second kappa shape index (κ2) is 7.51. The first-order valence-electron chi connectivity index (χ1n) is 6.59. The van der Waals surface area contributed by atoms with E-state index in [0.717, 1.165) is 11.3 Å². The zero-order valence-corrected chi connectivity index (χ0v) is 13.1. The number of anilines is 1. The molecule has 0 unspecified atom stereocenters. The standard InChI is InChI=1S/C14H16N4O3S/c1-9-4-3-5-11(6-9)21-8-13-17-18-14(22-13)16-12(20)7-15-10(2)19/h3-6H,7-8H2,1-2H3,(H,15,19)(H,16,18,20). The number of rotatable bonds is 6. The summed E-state index contributed by atoms with van der Waals surface area (Å²) in [5.41, 5.74) is 1.11. The molecule has 0 aliphatic rings. The van der Waals surface area contributed by atoms with Crippen LogP contribution in [0.1, 0.15) is 17.5 Å². The molecule has 0 aliphatic carbocycles. The number of aryl methyl sites for hydroxylation is 1. The van der Waals surface area contributed by atoms with Crippen LogP contribution < -0.4 is 15.4 Å². The number of nitrogens with zero attached hydrogens (tertiary/aromatic N) is 2. The summed E-state index contributed by atoms with van der Waals surface area (Å²) in [7, 11) is 0. The minimum absolute atomic E-state index is 0.0932. The maximum atomic E-state index is 11.5. The Balaban J connectivity index is 1.83. The second-order valence-electron chi connectivity index (χ2n) is 4.56. The number of aromatic nitrogens is 2.